The summed E-state index contributed by atoms with van der Waals surface area (Å²) in [5.41, 5.74) is 2.07. The lowest BCUT2D eigenvalue weighted by molar-refractivity contribution is 0.0136. The number of aryl methyl sites for hydroxylation is 1. The first kappa shape index (κ1) is 12.5. The van der Waals surface area contributed by atoms with Gasteiger partial charge in [0.15, 0.2) is 0 Å². The molecule has 98 valence electrons. The molecule has 1 aromatic rings. The van der Waals surface area contributed by atoms with Gasteiger partial charge in [0.25, 0.3) is 0 Å². The van der Waals surface area contributed by atoms with Crippen molar-refractivity contribution in [2.45, 2.75) is 31.9 Å². The summed E-state index contributed by atoms with van der Waals surface area (Å²) < 4.78 is 6.80. The van der Waals surface area contributed by atoms with Crippen molar-refractivity contribution in [2.24, 2.45) is 0 Å². The maximum atomic E-state index is 10.6. The highest BCUT2D eigenvalue weighted by Crippen LogP contribution is 2.40. The minimum atomic E-state index is -0.442. The third-order valence-electron chi connectivity index (χ3n) is 3.91. The number of hydrogen-bond acceptors (Lipinski definition) is 3. The van der Waals surface area contributed by atoms with Gasteiger partial charge in [-0.2, -0.15) is 0 Å². The van der Waals surface area contributed by atoms with Crippen molar-refractivity contribution in [1.29, 1.82) is 0 Å². The summed E-state index contributed by atoms with van der Waals surface area (Å²) in [6.45, 7) is 4.77. The van der Waals surface area contributed by atoms with Gasteiger partial charge in [-0.15, -0.1) is 0 Å². The van der Waals surface area contributed by atoms with E-state index in [1.165, 1.54) is 12.8 Å². The van der Waals surface area contributed by atoms with Gasteiger partial charge in [0.1, 0.15) is 18.5 Å². The highest BCUT2D eigenvalue weighted by Gasteiger charge is 2.35. The molecule has 2 atom stereocenters. The van der Waals surface area contributed by atoms with Gasteiger partial charge >= 0.3 is 0 Å². The molecular formula is C14H18BrNO2. The molecule has 0 spiro atoms. The average Bonchev–Trinajstić information content (AvgIpc) is 2.84. The van der Waals surface area contributed by atoms with Gasteiger partial charge in [-0.25, -0.2) is 0 Å². The van der Waals surface area contributed by atoms with Crippen LogP contribution in [0.5, 0.6) is 5.75 Å². The van der Waals surface area contributed by atoms with E-state index in [1.54, 1.807) is 0 Å². The summed E-state index contributed by atoms with van der Waals surface area (Å²) in [5, 5.41) is 10.6. The van der Waals surface area contributed by atoms with Crippen LogP contribution in [-0.4, -0.2) is 35.7 Å². The fourth-order valence-corrected chi connectivity index (χ4v) is 3.68. The lowest BCUT2D eigenvalue weighted by Crippen LogP contribution is -2.44. The Kier molecular flexibility index (Phi) is 3.34. The van der Waals surface area contributed by atoms with Crippen molar-refractivity contribution < 1.29 is 9.84 Å². The number of aliphatic hydroxyl groups is 1. The summed E-state index contributed by atoms with van der Waals surface area (Å²) in [5.74, 6) is 0.809. The monoisotopic (exact) mass is 311 g/mol. The first-order valence-electron chi connectivity index (χ1n) is 6.52. The second kappa shape index (κ2) is 4.83. The van der Waals surface area contributed by atoms with E-state index in [-0.39, 0.29) is 6.04 Å². The highest BCUT2D eigenvalue weighted by atomic mass is 79.9. The van der Waals surface area contributed by atoms with Crippen LogP contribution in [0.2, 0.25) is 0 Å². The topological polar surface area (TPSA) is 32.7 Å². The van der Waals surface area contributed by atoms with E-state index in [4.69, 9.17) is 4.74 Å². The van der Waals surface area contributed by atoms with Crippen LogP contribution < -0.4 is 4.74 Å². The molecule has 0 amide bonds. The number of nitrogens with zero attached hydrogens (tertiary/aromatic N) is 1. The molecule has 3 rings (SSSR count). The molecule has 0 unspecified atom stereocenters. The van der Waals surface area contributed by atoms with Gasteiger partial charge in [-0.05, 0) is 66.5 Å². The first-order chi connectivity index (χ1) is 8.66. The van der Waals surface area contributed by atoms with Crippen molar-refractivity contribution in [3.63, 3.8) is 0 Å². The summed E-state index contributed by atoms with van der Waals surface area (Å²) in [7, 11) is 0. The normalized spacial score (nSPS) is 27.9. The zero-order valence-electron chi connectivity index (χ0n) is 10.5. The predicted molar refractivity (Wildman–Crippen MR) is 73.9 cm³/mol. The van der Waals surface area contributed by atoms with Crippen molar-refractivity contribution >= 4 is 15.9 Å². The summed E-state index contributed by atoms with van der Waals surface area (Å²) in [4.78, 5) is 2.35. The molecule has 1 fully saturated rings. The standard InChI is InChI=1S/C14H18BrNO2/c1-9-6-10-13(17)12(16-4-2-3-5-16)8-18-14(10)11(15)7-9/h6-7,12-13,17H,2-5,8H2,1H3/t12-,13+/m1/s1. The molecular weight excluding hydrogens is 294 g/mol. The van der Waals surface area contributed by atoms with E-state index in [0.717, 1.165) is 34.4 Å². The van der Waals surface area contributed by atoms with E-state index < -0.39 is 6.10 Å². The quantitative estimate of drug-likeness (QED) is 0.865. The average molecular weight is 312 g/mol. The molecule has 2 aliphatic heterocycles. The Morgan fingerprint density at radius 1 is 1.33 bits per heavy atom. The van der Waals surface area contributed by atoms with Gasteiger partial charge < -0.3 is 9.84 Å². The number of rotatable bonds is 1. The lowest BCUT2D eigenvalue weighted by Gasteiger charge is -2.36. The molecule has 0 bridgehead atoms. The molecule has 0 radical (unpaired) electrons. The summed E-state index contributed by atoms with van der Waals surface area (Å²) >= 11 is 3.51. The summed E-state index contributed by atoms with van der Waals surface area (Å²) in [6.07, 6.45) is 2.02. The van der Waals surface area contributed by atoms with Gasteiger partial charge in [0.2, 0.25) is 0 Å². The maximum Gasteiger partial charge on any atom is 0.139 e. The van der Waals surface area contributed by atoms with E-state index in [9.17, 15) is 5.11 Å². The van der Waals surface area contributed by atoms with E-state index in [2.05, 4.69) is 20.8 Å². The number of ether oxygens (including phenoxy) is 1. The lowest BCUT2D eigenvalue weighted by atomic mass is 9.96. The molecule has 4 heteroatoms. The number of likely N-dealkylation sites (tertiary alicyclic amines) is 1. The number of fused-ring (bicyclic) bond motifs is 1. The maximum absolute atomic E-state index is 10.6. The smallest absolute Gasteiger partial charge is 0.139 e. The van der Waals surface area contributed by atoms with Gasteiger partial charge in [0.05, 0.1) is 10.5 Å². The van der Waals surface area contributed by atoms with Crippen LogP contribution in [0, 0.1) is 6.92 Å². The number of hydrogen-bond donors (Lipinski definition) is 1. The van der Waals surface area contributed by atoms with E-state index in [1.807, 2.05) is 19.1 Å². The third kappa shape index (κ3) is 2.06. The molecule has 18 heavy (non-hydrogen) atoms. The number of halogens is 1. The molecule has 1 saturated heterocycles. The Balaban J connectivity index is 1.93. The number of benzene rings is 1. The molecule has 0 saturated carbocycles. The van der Waals surface area contributed by atoms with Crippen LogP contribution in [0.4, 0.5) is 0 Å². The molecule has 2 heterocycles. The Morgan fingerprint density at radius 2 is 2.06 bits per heavy atom. The molecule has 3 nitrogen and oxygen atoms in total. The van der Waals surface area contributed by atoms with Crippen LogP contribution in [0.25, 0.3) is 0 Å². The first-order valence-corrected chi connectivity index (χ1v) is 7.31. The van der Waals surface area contributed by atoms with Crippen LogP contribution >= 0.6 is 15.9 Å². The largest absolute Gasteiger partial charge is 0.490 e. The van der Waals surface area contributed by atoms with Crippen molar-refractivity contribution in [3.8, 4) is 5.75 Å². The van der Waals surface area contributed by atoms with Gasteiger partial charge in [-0.1, -0.05) is 0 Å². The number of aliphatic hydroxyl groups excluding tert-OH is 1. The minimum Gasteiger partial charge on any atom is -0.490 e. The van der Waals surface area contributed by atoms with Crippen LogP contribution in [0.3, 0.4) is 0 Å². The zero-order valence-corrected chi connectivity index (χ0v) is 12.1. The molecule has 1 aromatic carbocycles. The molecule has 2 aliphatic rings. The predicted octanol–water partition coefficient (Wildman–Crippen LogP) is 2.65. The highest BCUT2D eigenvalue weighted by molar-refractivity contribution is 9.10. The van der Waals surface area contributed by atoms with E-state index in [0.29, 0.717) is 6.61 Å². The van der Waals surface area contributed by atoms with Crippen LogP contribution in [0.1, 0.15) is 30.1 Å². The SMILES string of the molecule is Cc1cc(Br)c2c(c1)[C@H](O)[C@H](N1CCCC1)CO2. The van der Waals surface area contributed by atoms with Crippen molar-refractivity contribution in [3.05, 3.63) is 27.7 Å². The molecule has 1 N–H and O–H groups in total. The van der Waals surface area contributed by atoms with Crippen molar-refractivity contribution in [1.82, 2.24) is 4.90 Å². The fourth-order valence-electron chi connectivity index (χ4n) is 2.97. The van der Waals surface area contributed by atoms with Gasteiger partial charge in [0, 0.05) is 5.56 Å². The third-order valence-corrected chi connectivity index (χ3v) is 4.50. The Labute approximate surface area is 116 Å². The van der Waals surface area contributed by atoms with Gasteiger partial charge in [-0.3, -0.25) is 4.90 Å². The fraction of sp³-hybridized carbons (Fsp3) is 0.571. The molecule has 0 aliphatic carbocycles. The Hall–Kier alpha value is -0.580. The summed E-state index contributed by atoms with van der Waals surface area (Å²) in [6, 6.07) is 4.17. The van der Waals surface area contributed by atoms with E-state index >= 15 is 0 Å². The zero-order chi connectivity index (χ0) is 12.7. The Bertz CT molecular complexity index is 457. The van der Waals surface area contributed by atoms with Crippen LogP contribution in [0.15, 0.2) is 16.6 Å². The Morgan fingerprint density at radius 3 is 2.78 bits per heavy atom. The second-order valence-corrected chi connectivity index (χ2v) is 6.09. The molecule has 0 aromatic heterocycles. The second-order valence-electron chi connectivity index (χ2n) is 5.23. The van der Waals surface area contributed by atoms with Crippen LogP contribution in [-0.2, 0) is 0 Å². The van der Waals surface area contributed by atoms with Crippen molar-refractivity contribution in [2.75, 3.05) is 19.7 Å². The minimum absolute atomic E-state index is 0.105.